The molecule has 0 aliphatic rings. The van der Waals surface area contributed by atoms with Crippen LogP contribution >= 0.6 is 0 Å². The minimum Gasteiger partial charge on any atom is -0.493 e. The number of benzene rings is 2. The molecule has 0 unspecified atom stereocenters. The second kappa shape index (κ2) is 9.90. The summed E-state index contributed by atoms with van der Waals surface area (Å²) in [7, 11) is 1.52. The Kier molecular flexibility index (Phi) is 7.26. The van der Waals surface area contributed by atoms with Crippen LogP contribution < -0.4 is 14.8 Å². The van der Waals surface area contributed by atoms with Crippen molar-refractivity contribution in [3.63, 3.8) is 0 Å². The molecule has 1 amide bonds. The maximum atomic E-state index is 12.1. The van der Waals surface area contributed by atoms with E-state index in [0.29, 0.717) is 11.5 Å². The zero-order valence-corrected chi connectivity index (χ0v) is 15.0. The molecular weight excluding hydrogens is 328 g/mol. The summed E-state index contributed by atoms with van der Waals surface area (Å²) >= 11 is 0. The van der Waals surface area contributed by atoms with Crippen LogP contribution in [0.1, 0.15) is 24.5 Å². The number of nitriles is 1. The summed E-state index contributed by atoms with van der Waals surface area (Å²) in [6.07, 6.45) is 5.28. The first kappa shape index (κ1) is 19.1. The van der Waals surface area contributed by atoms with Gasteiger partial charge in [0, 0.05) is 11.8 Å². The van der Waals surface area contributed by atoms with Gasteiger partial charge in [-0.2, -0.15) is 5.26 Å². The first-order valence-corrected chi connectivity index (χ1v) is 8.42. The van der Waals surface area contributed by atoms with E-state index in [-0.39, 0.29) is 12.5 Å². The third-order valence-corrected chi connectivity index (χ3v) is 3.67. The molecule has 2 aromatic rings. The SMILES string of the molecule is CCCc1ccc(NC(=O)/C=C/c2ccc(OCC#N)c(OC)c2)cc1. The fraction of sp³-hybridized carbons (Fsp3) is 0.238. The van der Waals surface area contributed by atoms with Crippen LogP contribution in [0.3, 0.4) is 0 Å². The Hall–Kier alpha value is -3.26. The van der Waals surface area contributed by atoms with Gasteiger partial charge < -0.3 is 14.8 Å². The summed E-state index contributed by atoms with van der Waals surface area (Å²) in [5.74, 6) is 0.786. The highest BCUT2D eigenvalue weighted by atomic mass is 16.5. The summed E-state index contributed by atoms with van der Waals surface area (Å²) in [6.45, 7) is 2.09. The van der Waals surface area contributed by atoms with Gasteiger partial charge in [-0.1, -0.05) is 31.5 Å². The summed E-state index contributed by atoms with van der Waals surface area (Å²) in [5.41, 5.74) is 2.81. The lowest BCUT2D eigenvalue weighted by molar-refractivity contribution is -0.111. The normalized spacial score (nSPS) is 10.3. The van der Waals surface area contributed by atoms with Gasteiger partial charge in [0.2, 0.25) is 5.91 Å². The highest BCUT2D eigenvalue weighted by molar-refractivity contribution is 6.01. The van der Waals surface area contributed by atoms with Gasteiger partial charge in [-0.3, -0.25) is 4.79 Å². The standard InChI is InChI=1S/C21H22N2O3/c1-3-4-16-5-9-18(10-6-16)23-21(24)12-8-17-7-11-19(26-14-13-22)20(15-17)25-2/h5-12,15H,3-4,14H2,1-2H3,(H,23,24)/b12-8+. The molecule has 0 aliphatic carbocycles. The van der Waals surface area contributed by atoms with Crippen LogP contribution in [0.4, 0.5) is 5.69 Å². The number of aryl methyl sites for hydroxylation is 1. The van der Waals surface area contributed by atoms with E-state index in [0.717, 1.165) is 24.1 Å². The number of amides is 1. The molecule has 2 rings (SSSR count). The second-order valence-electron chi connectivity index (χ2n) is 5.63. The number of carbonyl (C=O) groups excluding carboxylic acids is 1. The summed E-state index contributed by atoms with van der Waals surface area (Å²) in [5, 5.41) is 11.4. The Balaban J connectivity index is 1.99. The fourth-order valence-electron chi connectivity index (χ4n) is 2.42. The van der Waals surface area contributed by atoms with Crippen molar-refractivity contribution in [2.24, 2.45) is 0 Å². The minimum atomic E-state index is -0.211. The Labute approximate surface area is 153 Å². The number of methoxy groups -OCH3 is 1. The van der Waals surface area contributed by atoms with Crippen LogP contribution in [-0.4, -0.2) is 19.6 Å². The molecule has 0 atom stereocenters. The molecule has 134 valence electrons. The molecule has 5 heteroatoms. The van der Waals surface area contributed by atoms with Crippen molar-refractivity contribution >= 4 is 17.7 Å². The number of hydrogen-bond donors (Lipinski definition) is 1. The first-order chi connectivity index (χ1) is 12.7. The Morgan fingerprint density at radius 3 is 2.62 bits per heavy atom. The molecule has 0 fully saturated rings. The number of hydrogen-bond acceptors (Lipinski definition) is 4. The Morgan fingerprint density at radius 2 is 1.96 bits per heavy atom. The topological polar surface area (TPSA) is 71.3 Å². The zero-order valence-electron chi connectivity index (χ0n) is 15.0. The van der Waals surface area contributed by atoms with Crippen LogP contribution in [0, 0.1) is 11.3 Å². The maximum absolute atomic E-state index is 12.1. The van der Waals surface area contributed by atoms with Gasteiger partial charge in [0.15, 0.2) is 18.1 Å². The molecule has 2 aromatic carbocycles. The largest absolute Gasteiger partial charge is 0.493 e. The van der Waals surface area contributed by atoms with Gasteiger partial charge in [-0.15, -0.1) is 0 Å². The van der Waals surface area contributed by atoms with Crippen molar-refractivity contribution in [2.45, 2.75) is 19.8 Å². The lowest BCUT2D eigenvalue weighted by atomic mass is 10.1. The highest BCUT2D eigenvalue weighted by Crippen LogP contribution is 2.28. The van der Waals surface area contributed by atoms with Gasteiger partial charge in [0.25, 0.3) is 0 Å². The van der Waals surface area contributed by atoms with Crippen LogP contribution in [0.25, 0.3) is 6.08 Å². The number of nitrogens with zero attached hydrogens (tertiary/aromatic N) is 1. The highest BCUT2D eigenvalue weighted by Gasteiger charge is 2.05. The molecule has 0 aromatic heterocycles. The molecule has 0 bridgehead atoms. The molecule has 0 radical (unpaired) electrons. The van der Waals surface area contributed by atoms with E-state index < -0.39 is 0 Å². The Bertz CT molecular complexity index is 805. The molecule has 0 spiro atoms. The number of rotatable bonds is 8. The average Bonchev–Trinajstić information content (AvgIpc) is 2.66. The average molecular weight is 350 g/mol. The van der Waals surface area contributed by atoms with Gasteiger partial charge in [-0.05, 0) is 47.9 Å². The lowest BCUT2D eigenvalue weighted by Gasteiger charge is -2.08. The quantitative estimate of drug-likeness (QED) is 0.724. The molecular formula is C21H22N2O3. The molecule has 5 nitrogen and oxygen atoms in total. The zero-order chi connectivity index (χ0) is 18.8. The third-order valence-electron chi connectivity index (χ3n) is 3.67. The van der Waals surface area contributed by atoms with Gasteiger partial charge in [0.05, 0.1) is 7.11 Å². The smallest absolute Gasteiger partial charge is 0.248 e. The van der Waals surface area contributed by atoms with Crippen LogP contribution in [0.15, 0.2) is 48.5 Å². The van der Waals surface area contributed by atoms with E-state index >= 15 is 0 Å². The third kappa shape index (κ3) is 5.67. The number of nitrogens with one attached hydrogen (secondary N) is 1. The van der Waals surface area contributed by atoms with Crippen molar-refractivity contribution in [1.82, 2.24) is 0 Å². The van der Waals surface area contributed by atoms with Crippen molar-refractivity contribution in [3.8, 4) is 17.6 Å². The predicted molar refractivity (Wildman–Crippen MR) is 102 cm³/mol. The summed E-state index contributed by atoms with van der Waals surface area (Å²) in [6, 6.07) is 15.0. The lowest BCUT2D eigenvalue weighted by Crippen LogP contribution is -2.07. The molecule has 1 N–H and O–H groups in total. The van der Waals surface area contributed by atoms with E-state index in [9.17, 15) is 4.79 Å². The molecule has 0 aliphatic heterocycles. The molecule has 0 saturated heterocycles. The molecule has 0 heterocycles. The van der Waals surface area contributed by atoms with Crippen LogP contribution in [-0.2, 0) is 11.2 Å². The van der Waals surface area contributed by atoms with Crippen molar-refractivity contribution < 1.29 is 14.3 Å². The summed E-state index contributed by atoms with van der Waals surface area (Å²) < 4.78 is 10.5. The molecule has 0 saturated carbocycles. The molecule has 26 heavy (non-hydrogen) atoms. The van der Waals surface area contributed by atoms with Crippen LogP contribution in [0.5, 0.6) is 11.5 Å². The fourth-order valence-corrected chi connectivity index (χ4v) is 2.42. The van der Waals surface area contributed by atoms with E-state index in [1.165, 1.54) is 18.7 Å². The monoisotopic (exact) mass is 350 g/mol. The number of carbonyl (C=O) groups is 1. The van der Waals surface area contributed by atoms with Crippen LogP contribution in [0.2, 0.25) is 0 Å². The van der Waals surface area contributed by atoms with Crippen molar-refractivity contribution in [1.29, 1.82) is 5.26 Å². The first-order valence-electron chi connectivity index (χ1n) is 8.42. The van der Waals surface area contributed by atoms with Crippen molar-refractivity contribution in [3.05, 3.63) is 59.7 Å². The Morgan fingerprint density at radius 1 is 1.19 bits per heavy atom. The van der Waals surface area contributed by atoms with E-state index in [1.54, 1.807) is 24.3 Å². The van der Waals surface area contributed by atoms with Crippen molar-refractivity contribution in [2.75, 3.05) is 19.0 Å². The van der Waals surface area contributed by atoms with Gasteiger partial charge in [-0.25, -0.2) is 0 Å². The predicted octanol–water partition coefficient (Wildman–Crippen LogP) is 4.20. The number of ether oxygens (including phenoxy) is 2. The van der Waals surface area contributed by atoms with Gasteiger partial charge in [0.1, 0.15) is 6.07 Å². The minimum absolute atomic E-state index is 0.0506. The van der Waals surface area contributed by atoms with E-state index in [4.69, 9.17) is 14.7 Å². The van der Waals surface area contributed by atoms with E-state index in [1.807, 2.05) is 30.3 Å². The van der Waals surface area contributed by atoms with E-state index in [2.05, 4.69) is 12.2 Å². The second-order valence-corrected chi connectivity index (χ2v) is 5.63. The summed E-state index contributed by atoms with van der Waals surface area (Å²) in [4.78, 5) is 12.1. The van der Waals surface area contributed by atoms with Gasteiger partial charge >= 0.3 is 0 Å². The number of anilines is 1. The maximum Gasteiger partial charge on any atom is 0.248 e.